The van der Waals surface area contributed by atoms with Crippen molar-refractivity contribution in [3.63, 3.8) is 0 Å². The Kier molecular flexibility index (Phi) is 4.53. The average Bonchev–Trinajstić information content (AvgIpc) is 2.68. The third-order valence-electron chi connectivity index (χ3n) is 2.62. The summed E-state index contributed by atoms with van der Waals surface area (Å²) in [4.78, 5) is 7.96. The molecule has 0 aliphatic rings. The highest BCUT2D eigenvalue weighted by Gasteiger charge is 2.06. The molecule has 17 heavy (non-hydrogen) atoms. The van der Waals surface area contributed by atoms with Crippen LogP contribution in [0.15, 0.2) is 29.8 Å². The van der Waals surface area contributed by atoms with Gasteiger partial charge in [-0.1, -0.05) is 12.1 Å². The number of nitrogens with zero attached hydrogens (tertiary/aromatic N) is 2. The molecule has 0 bridgehead atoms. The van der Waals surface area contributed by atoms with Gasteiger partial charge in [0.25, 0.3) is 0 Å². The van der Waals surface area contributed by atoms with E-state index in [0.717, 1.165) is 18.8 Å². The summed E-state index contributed by atoms with van der Waals surface area (Å²) in [6, 6.07) is 8.69. The molecule has 0 amide bonds. The number of aryl methyl sites for hydroxylation is 1. The maximum absolute atomic E-state index is 4.28. The van der Waals surface area contributed by atoms with Crippen LogP contribution in [0.5, 0.6) is 0 Å². The molecule has 1 aromatic carbocycles. The fraction of sp³-hybridized carbons (Fsp3) is 0.308. The fourth-order valence-electron chi connectivity index (χ4n) is 1.68. The Morgan fingerprint density at radius 2 is 1.94 bits per heavy atom. The Labute approximate surface area is 120 Å². The molecule has 0 radical (unpaired) electrons. The first-order chi connectivity index (χ1) is 8.15. The molecule has 2 aromatic rings. The lowest BCUT2D eigenvalue weighted by Crippen LogP contribution is -2.17. The van der Waals surface area contributed by atoms with Crippen LogP contribution in [0.1, 0.15) is 16.1 Å². The summed E-state index contributed by atoms with van der Waals surface area (Å²) in [5, 5.41) is 0. The number of rotatable bonds is 4. The molecule has 4 heteroatoms. The summed E-state index contributed by atoms with van der Waals surface area (Å²) in [5.74, 6) is 0. The van der Waals surface area contributed by atoms with E-state index < -0.39 is 0 Å². The summed E-state index contributed by atoms with van der Waals surface area (Å²) in [7, 11) is 2.15. The molecule has 1 aromatic heterocycles. The minimum Gasteiger partial charge on any atom is -0.297 e. The van der Waals surface area contributed by atoms with E-state index in [9.17, 15) is 0 Å². The number of aromatic nitrogens is 1. The van der Waals surface area contributed by atoms with Gasteiger partial charge in [0.15, 0.2) is 0 Å². The summed E-state index contributed by atoms with van der Waals surface area (Å²) in [6.45, 7) is 4.03. The van der Waals surface area contributed by atoms with E-state index in [1.807, 2.05) is 5.51 Å². The molecule has 2 rings (SSSR count). The Hall–Kier alpha value is -0.460. The van der Waals surface area contributed by atoms with Gasteiger partial charge in [0.05, 0.1) is 11.2 Å². The van der Waals surface area contributed by atoms with Crippen LogP contribution in [-0.4, -0.2) is 16.9 Å². The van der Waals surface area contributed by atoms with Crippen molar-refractivity contribution in [2.45, 2.75) is 20.0 Å². The Bertz CT molecular complexity index is 478. The SMILES string of the molecule is Cc1ncsc1CN(C)Cc1ccc(I)cc1. The predicted octanol–water partition coefficient (Wildman–Crippen LogP) is 3.69. The van der Waals surface area contributed by atoms with E-state index in [0.29, 0.717) is 0 Å². The number of hydrogen-bond donors (Lipinski definition) is 0. The molecule has 0 fully saturated rings. The monoisotopic (exact) mass is 358 g/mol. The Morgan fingerprint density at radius 3 is 2.53 bits per heavy atom. The Balaban J connectivity index is 1.95. The molecule has 0 spiro atoms. The molecule has 0 aliphatic heterocycles. The molecule has 0 atom stereocenters. The second-order valence-electron chi connectivity index (χ2n) is 4.16. The lowest BCUT2D eigenvalue weighted by Gasteiger charge is -2.16. The molecule has 0 saturated carbocycles. The van der Waals surface area contributed by atoms with Gasteiger partial charge in [-0.15, -0.1) is 11.3 Å². The van der Waals surface area contributed by atoms with Crippen molar-refractivity contribution in [3.8, 4) is 0 Å². The molecule has 1 heterocycles. The van der Waals surface area contributed by atoms with E-state index in [1.165, 1.54) is 14.0 Å². The number of benzene rings is 1. The van der Waals surface area contributed by atoms with Gasteiger partial charge >= 0.3 is 0 Å². The van der Waals surface area contributed by atoms with E-state index >= 15 is 0 Å². The van der Waals surface area contributed by atoms with E-state index in [2.05, 4.69) is 70.7 Å². The molecule has 90 valence electrons. The third kappa shape index (κ3) is 3.76. The smallest absolute Gasteiger partial charge is 0.0798 e. The van der Waals surface area contributed by atoms with Crippen molar-refractivity contribution in [2.24, 2.45) is 0 Å². The number of hydrogen-bond acceptors (Lipinski definition) is 3. The average molecular weight is 358 g/mol. The third-order valence-corrected chi connectivity index (χ3v) is 4.26. The van der Waals surface area contributed by atoms with E-state index in [-0.39, 0.29) is 0 Å². The van der Waals surface area contributed by atoms with Crippen molar-refractivity contribution in [1.29, 1.82) is 0 Å². The van der Waals surface area contributed by atoms with Crippen molar-refractivity contribution >= 4 is 33.9 Å². The fourth-order valence-corrected chi connectivity index (χ4v) is 2.90. The first kappa shape index (κ1) is 13.0. The molecule has 2 nitrogen and oxygen atoms in total. The van der Waals surface area contributed by atoms with Crippen molar-refractivity contribution in [3.05, 3.63) is 49.5 Å². The minimum atomic E-state index is 0.975. The van der Waals surface area contributed by atoms with Crippen LogP contribution < -0.4 is 0 Å². The largest absolute Gasteiger partial charge is 0.297 e. The van der Waals surface area contributed by atoms with Crippen LogP contribution in [0.3, 0.4) is 0 Å². The van der Waals surface area contributed by atoms with Crippen LogP contribution in [0.2, 0.25) is 0 Å². The van der Waals surface area contributed by atoms with Crippen LogP contribution in [0, 0.1) is 10.5 Å². The summed E-state index contributed by atoms with van der Waals surface area (Å²) < 4.78 is 1.28. The second kappa shape index (κ2) is 5.93. The standard InChI is InChI=1S/C13H15IN2S/c1-10-13(17-9-15-10)8-16(2)7-11-3-5-12(14)6-4-11/h3-6,9H,7-8H2,1-2H3. The lowest BCUT2D eigenvalue weighted by atomic mass is 10.2. The number of halogens is 1. The maximum Gasteiger partial charge on any atom is 0.0798 e. The summed E-state index contributed by atoms with van der Waals surface area (Å²) in [5.41, 5.74) is 4.43. The molecular weight excluding hydrogens is 343 g/mol. The summed E-state index contributed by atoms with van der Waals surface area (Å²) >= 11 is 4.07. The highest BCUT2D eigenvalue weighted by atomic mass is 127. The van der Waals surface area contributed by atoms with Crippen LogP contribution >= 0.6 is 33.9 Å². The second-order valence-corrected chi connectivity index (χ2v) is 6.34. The van der Waals surface area contributed by atoms with E-state index in [1.54, 1.807) is 11.3 Å². The first-order valence-electron chi connectivity index (χ1n) is 5.47. The minimum absolute atomic E-state index is 0.975. The molecule has 0 unspecified atom stereocenters. The van der Waals surface area contributed by atoms with Gasteiger partial charge < -0.3 is 0 Å². The zero-order valence-electron chi connectivity index (χ0n) is 9.98. The summed E-state index contributed by atoms with van der Waals surface area (Å²) in [6.07, 6.45) is 0. The zero-order valence-corrected chi connectivity index (χ0v) is 13.0. The van der Waals surface area contributed by atoms with Crippen molar-refractivity contribution in [1.82, 2.24) is 9.88 Å². The van der Waals surface area contributed by atoms with E-state index in [4.69, 9.17) is 0 Å². The van der Waals surface area contributed by atoms with Gasteiger partial charge in [-0.3, -0.25) is 4.90 Å². The van der Waals surface area contributed by atoms with Gasteiger partial charge in [-0.25, -0.2) is 4.98 Å². The van der Waals surface area contributed by atoms with Crippen molar-refractivity contribution in [2.75, 3.05) is 7.05 Å². The molecule has 0 aliphatic carbocycles. The highest BCUT2D eigenvalue weighted by molar-refractivity contribution is 14.1. The van der Waals surface area contributed by atoms with Gasteiger partial charge in [-0.05, 0) is 54.3 Å². The van der Waals surface area contributed by atoms with Gasteiger partial charge in [0.1, 0.15) is 0 Å². The quantitative estimate of drug-likeness (QED) is 0.775. The lowest BCUT2D eigenvalue weighted by molar-refractivity contribution is 0.321. The number of thiazole rings is 1. The van der Waals surface area contributed by atoms with Gasteiger partial charge in [-0.2, -0.15) is 0 Å². The first-order valence-corrected chi connectivity index (χ1v) is 7.43. The maximum atomic E-state index is 4.28. The predicted molar refractivity (Wildman–Crippen MR) is 81.2 cm³/mol. The molecular formula is C13H15IN2S. The van der Waals surface area contributed by atoms with Gasteiger partial charge in [0, 0.05) is 21.5 Å². The topological polar surface area (TPSA) is 16.1 Å². The van der Waals surface area contributed by atoms with Crippen LogP contribution in [0.4, 0.5) is 0 Å². The molecule has 0 saturated heterocycles. The zero-order chi connectivity index (χ0) is 12.3. The van der Waals surface area contributed by atoms with Crippen LogP contribution in [0.25, 0.3) is 0 Å². The highest BCUT2D eigenvalue weighted by Crippen LogP contribution is 2.16. The normalized spacial score (nSPS) is 11.1. The van der Waals surface area contributed by atoms with Crippen molar-refractivity contribution < 1.29 is 0 Å². The van der Waals surface area contributed by atoms with Gasteiger partial charge in [0.2, 0.25) is 0 Å². The Morgan fingerprint density at radius 1 is 1.24 bits per heavy atom. The molecule has 0 N–H and O–H groups in total. The van der Waals surface area contributed by atoms with Crippen LogP contribution in [-0.2, 0) is 13.1 Å².